The van der Waals surface area contributed by atoms with Gasteiger partial charge in [0.2, 0.25) is 0 Å². The molecule has 0 N–H and O–H groups in total. The zero-order valence-electron chi connectivity index (χ0n) is 18.8. The average Bonchev–Trinajstić information content (AvgIpc) is 2.77. The summed E-state index contributed by atoms with van der Waals surface area (Å²) in [5, 5.41) is 0. The lowest BCUT2D eigenvalue weighted by Crippen LogP contribution is -2.54. The standard InChI is InChI=1S/C25H31NO5/c1-25(2,3)31-24(28)26-15-20(23(27)30-5)22(21(16-26)29-4)19-13-9-12-18(14-19)17-10-7-6-8-11-17/h6-14,20-22H,15-16H2,1-5H3/t20-,21+,22+/m0/s1. The van der Waals surface area contributed by atoms with E-state index in [1.54, 1.807) is 12.0 Å². The Bertz CT molecular complexity index is 906. The van der Waals surface area contributed by atoms with E-state index in [1.165, 1.54) is 7.11 Å². The van der Waals surface area contributed by atoms with Crippen LogP contribution < -0.4 is 0 Å². The summed E-state index contributed by atoms with van der Waals surface area (Å²) in [7, 11) is 2.97. The van der Waals surface area contributed by atoms with Gasteiger partial charge in [-0.15, -0.1) is 0 Å². The third-order valence-corrected chi connectivity index (χ3v) is 5.49. The molecule has 2 aromatic carbocycles. The molecule has 0 unspecified atom stereocenters. The van der Waals surface area contributed by atoms with Crippen LogP contribution in [0.2, 0.25) is 0 Å². The van der Waals surface area contributed by atoms with Crippen molar-refractivity contribution in [3.05, 3.63) is 60.2 Å². The number of carbonyl (C=O) groups is 2. The summed E-state index contributed by atoms with van der Waals surface area (Å²) in [6, 6.07) is 18.2. The third-order valence-electron chi connectivity index (χ3n) is 5.49. The van der Waals surface area contributed by atoms with E-state index >= 15 is 0 Å². The second kappa shape index (κ2) is 9.52. The number of rotatable bonds is 4. The SMILES string of the molecule is COC(=O)[C@H]1CN(C(=O)OC(C)(C)C)C[C@@H](OC)[C@@H]1c1cccc(-c2ccccc2)c1. The molecular formula is C25H31NO5. The van der Waals surface area contributed by atoms with Gasteiger partial charge in [-0.3, -0.25) is 4.79 Å². The fraction of sp³-hybridized carbons (Fsp3) is 0.440. The summed E-state index contributed by atoms with van der Waals surface area (Å²) in [4.78, 5) is 27.0. The Balaban J connectivity index is 1.95. The maximum Gasteiger partial charge on any atom is 0.410 e. The van der Waals surface area contributed by atoms with Gasteiger partial charge in [-0.25, -0.2) is 4.79 Å². The summed E-state index contributed by atoms with van der Waals surface area (Å²) in [6.45, 7) is 6.00. The zero-order valence-corrected chi connectivity index (χ0v) is 18.8. The van der Waals surface area contributed by atoms with Gasteiger partial charge in [-0.05, 0) is 37.5 Å². The molecule has 1 amide bonds. The topological polar surface area (TPSA) is 65.1 Å². The summed E-state index contributed by atoms with van der Waals surface area (Å²) >= 11 is 0. The van der Waals surface area contributed by atoms with E-state index in [9.17, 15) is 9.59 Å². The molecule has 0 aromatic heterocycles. The number of piperidine rings is 1. The first-order valence-corrected chi connectivity index (χ1v) is 10.5. The highest BCUT2D eigenvalue weighted by Crippen LogP contribution is 2.37. The van der Waals surface area contributed by atoms with E-state index in [4.69, 9.17) is 14.2 Å². The molecular weight excluding hydrogens is 394 g/mol. The molecule has 166 valence electrons. The average molecular weight is 426 g/mol. The lowest BCUT2D eigenvalue weighted by atomic mass is 9.78. The van der Waals surface area contributed by atoms with Gasteiger partial charge in [0.05, 0.1) is 25.7 Å². The van der Waals surface area contributed by atoms with Crippen molar-refractivity contribution >= 4 is 12.1 Å². The maximum absolute atomic E-state index is 12.8. The number of carbonyl (C=O) groups excluding carboxylic acids is 2. The fourth-order valence-corrected chi connectivity index (χ4v) is 4.09. The van der Waals surface area contributed by atoms with Crippen LogP contribution in [0.1, 0.15) is 32.3 Å². The van der Waals surface area contributed by atoms with Crippen LogP contribution in [-0.4, -0.2) is 56.0 Å². The molecule has 1 saturated heterocycles. The number of likely N-dealkylation sites (tertiary alicyclic amines) is 1. The molecule has 0 spiro atoms. The highest BCUT2D eigenvalue weighted by atomic mass is 16.6. The Hall–Kier alpha value is -2.86. The Morgan fingerprint density at radius 1 is 0.935 bits per heavy atom. The smallest absolute Gasteiger partial charge is 0.410 e. The lowest BCUT2D eigenvalue weighted by molar-refractivity contribution is -0.151. The van der Waals surface area contributed by atoms with Gasteiger partial charge < -0.3 is 19.1 Å². The maximum atomic E-state index is 12.8. The third kappa shape index (κ3) is 5.44. The zero-order chi connectivity index (χ0) is 22.6. The highest BCUT2D eigenvalue weighted by Gasteiger charge is 2.44. The second-order valence-electron chi connectivity index (χ2n) is 8.81. The molecule has 3 atom stereocenters. The van der Waals surface area contributed by atoms with Crippen LogP contribution in [-0.2, 0) is 19.0 Å². The van der Waals surface area contributed by atoms with E-state index in [-0.39, 0.29) is 24.5 Å². The Morgan fingerprint density at radius 2 is 1.61 bits per heavy atom. The van der Waals surface area contributed by atoms with Gasteiger partial charge in [-0.2, -0.15) is 0 Å². The molecule has 1 fully saturated rings. The molecule has 1 heterocycles. The molecule has 1 aliphatic heterocycles. The number of esters is 1. The number of nitrogens with zero attached hydrogens (tertiary/aromatic N) is 1. The minimum absolute atomic E-state index is 0.210. The molecule has 1 aliphatic rings. The van der Waals surface area contributed by atoms with E-state index < -0.39 is 17.6 Å². The predicted octanol–water partition coefficient (Wildman–Crippen LogP) is 4.49. The first kappa shape index (κ1) is 22.8. The van der Waals surface area contributed by atoms with Gasteiger partial charge in [0.25, 0.3) is 0 Å². The largest absolute Gasteiger partial charge is 0.469 e. The number of hydrogen-bond donors (Lipinski definition) is 0. The highest BCUT2D eigenvalue weighted by molar-refractivity contribution is 5.77. The molecule has 0 radical (unpaired) electrons. The Morgan fingerprint density at radius 3 is 2.23 bits per heavy atom. The fourth-order valence-electron chi connectivity index (χ4n) is 4.09. The minimum Gasteiger partial charge on any atom is -0.469 e. The second-order valence-corrected chi connectivity index (χ2v) is 8.81. The van der Waals surface area contributed by atoms with Crippen molar-refractivity contribution in [1.29, 1.82) is 0 Å². The van der Waals surface area contributed by atoms with Crippen LogP contribution in [0.5, 0.6) is 0 Å². The van der Waals surface area contributed by atoms with E-state index in [1.807, 2.05) is 57.2 Å². The van der Waals surface area contributed by atoms with Crippen LogP contribution in [0.4, 0.5) is 4.79 Å². The molecule has 0 bridgehead atoms. The lowest BCUT2D eigenvalue weighted by Gasteiger charge is -2.42. The van der Waals surface area contributed by atoms with Gasteiger partial charge in [0, 0.05) is 19.6 Å². The van der Waals surface area contributed by atoms with E-state index in [0.717, 1.165) is 16.7 Å². The summed E-state index contributed by atoms with van der Waals surface area (Å²) in [5.41, 5.74) is 2.51. The van der Waals surface area contributed by atoms with Crippen molar-refractivity contribution in [2.75, 3.05) is 27.3 Å². The van der Waals surface area contributed by atoms with Gasteiger partial charge in [0.1, 0.15) is 5.60 Å². The molecule has 0 aliphatic carbocycles. The molecule has 6 heteroatoms. The number of methoxy groups -OCH3 is 2. The molecule has 3 rings (SSSR count). The van der Waals surface area contributed by atoms with E-state index in [2.05, 4.69) is 18.2 Å². The van der Waals surface area contributed by atoms with Gasteiger partial charge in [0.15, 0.2) is 0 Å². The Labute approximate surface area is 184 Å². The van der Waals surface area contributed by atoms with Crippen molar-refractivity contribution in [1.82, 2.24) is 4.90 Å². The predicted molar refractivity (Wildman–Crippen MR) is 119 cm³/mol. The van der Waals surface area contributed by atoms with Crippen LogP contribution in [0.15, 0.2) is 54.6 Å². The van der Waals surface area contributed by atoms with Crippen molar-refractivity contribution < 1.29 is 23.8 Å². The van der Waals surface area contributed by atoms with Crippen LogP contribution in [0, 0.1) is 5.92 Å². The normalized spacial score (nSPS) is 21.5. The number of ether oxygens (including phenoxy) is 3. The number of benzene rings is 2. The van der Waals surface area contributed by atoms with Gasteiger partial charge in [-0.1, -0.05) is 54.6 Å². The number of amides is 1. The minimum atomic E-state index is -0.624. The van der Waals surface area contributed by atoms with Gasteiger partial charge >= 0.3 is 12.1 Å². The summed E-state index contributed by atoms with van der Waals surface area (Å²) in [6.07, 6.45) is -0.837. The van der Waals surface area contributed by atoms with Crippen molar-refractivity contribution in [2.24, 2.45) is 5.92 Å². The van der Waals surface area contributed by atoms with Crippen molar-refractivity contribution in [3.8, 4) is 11.1 Å². The Kier molecular flexibility index (Phi) is 7.01. The molecule has 31 heavy (non-hydrogen) atoms. The summed E-state index contributed by atoms with van der Waals surface area (Å²) in [5.74, 6) is -1.19. The van der Waals surface area contributed by atoms with E-state index in [0.29, 0.717) is 6.54 Å². The van der Waals surface area contributed by atoms with Crippen molar-refractivity contribution in [2.45, 2.75) is 38.4 Å². The van der Waals surface area contributed by atoms with Crippen LogP contribution in [0.3, 0.4) is 0 Å². The molecule has 6 nitrogen and oxygen atoms in total. The quantitative estimate of drug-likeness (QED) is 0.675. The summed E-state index contributed by atoms with van der Waals surface area (Å²) < 4.78 is 16.4. The first-order valence-electron chi connectivity index (χ1n) is 10.5. The monoisotopic (exact) mass is 425 g/mol. The number of hydrogen-bond acceptors (Lipinski definition) is 5. The molecule has 0 saturated carbocycles. The van der Waals surface area contributed by atoms with Crippen LogP contribution in [0.25, 0.3) is 11.1 Å². The van der Waals surface area contributed by atoms with Crippen molar-refractivity contribution in [3.63, 3.8) is 0 Å². The first-order chi connectivity index (χ1) is 14.7. The van der Waals surface area contributed by atoms with Crippen LogP contribution >= 0.6 is 0 Å². The molecule has 2 aromatic rings.